The summed E-state index contributed by atoms with van der Waals surface area (Å²) in [5.74, 6) is -0.0963. The number of nitrogens with one attached hydrogen (secondary N) is 1. The van der Waals surface area contributed by atoms with Crippen LogP contribution in [0.15, 0.2) is 91.0 Å². The van der Waals surface area contributed by atoms with Crippen LogP contribution >= 0.6 is 0 Å². The van der Waals surface area contributed by atoms with Gasteiger partial charge in [-0.15, -0.1) is 0 Å². The van der Waals surface area contributed by atoms with E-state index in [1.54, 1.807) is 24.3 Å². The van der Waals surface area contributed by atoms with E-state index in [1.807, 2.05) is 48.5 Å². The first-order chi connectivity index (χ1) is 17.8. The zero-order chi connectivity index (χ0) is 26.0. The molecule has 0 atom stereocenters. The van der Waals surface area contributed by atoms with Gasteiger partial charge >= 0.3 is 12.3 Å². The Balaban J connectivity index is 1.32. The van der Waals surface area contributed by atoms with Crippen LogP contribution < -0.4 is 5.32 Å². The van der Waals surface area contributed by atoms with Gasteiger partial charge in [0.15, 0.2) is 0 Å². The number of carbonyl (C=O) groups is 1. The van der Waals surface area contributed by atoms with Gasteiger partial charge in [0.1, 0.15) is 6.61 Å². The minimum Gasteiger partial charge on any atom is -0.449 e. The number of alkyl carbamates (subject to hydrolysis) is 1. The van der Waals surface area contributed by atoms with Crippen molar-refractivity contribution < 1.29 is 27.8 Å². The van der Waals surface area contributed by atoms with E-state index < -0.39 is 17.8 Å². The number of alkyl halides is 3. The second-order valence-corrected chi connectivity index (χ2v) is 8.91. The number of aliphatic hydroxyl groups is 1. The van der Waals surface area contributed by atoms with E-state index >= 15 is 0 Å². The van der Waals surface area contributed by atoms with E-state index in [1.165, 1.54) is 6.07 Å². The van der Waals surface area contributed by atoms with Crippen LogP contribution in [0.4, 0.5) is 18.0 Å². The average molecular weight is 504 g/mol. The molecule has 4 nitrogen and oxygen atoms in total. The van der Waals surface area contributed by atoms with E-state index in [0.717, 1.165) is 34.4 Å². The van der Waals surface area contributed by atoms with Crippen molar-refractivity contribution in [3.63, 3.8) is 0 Å². The molecule has 0 aromatic heterocycles. The third kappa shape index (κ3) is 5.08. The van der Waals surface area contributed by atoms with Crippen molar-refractivity contribution in [3.05, 3.63) is 119 Å². The second-order valence-electron chi connectivity index (χ2n) is 8.91. The van der Waals surface area contributed by atoms with Crippen molar-refractivity contribution in [1.82, 2.24) is 5.32 Å². The molecule has 0 saturated carbocycles. The van der Waals surface area contributed by atoms with Gasteiger partial charge < -0.3 is 15.2 Å². The molecular weight excluding hydrogens is 479 g/mol. The summed E-state index contributed by atoms with van der Waals surface area (Å²) in [6, 6.07) is 26.1. The Morgan fingerprint density at radius 3 is 2.16 bits per heavy atom. The lowest BCUT2D eigenvalue weighted by atomic mass is 9.95. The molecule has 0 spiro atoms. The molecule has 2 N–H and O–H groups in total. The molecule has 5 rings (SSSR count). The standard InChI is InChI=1S/C30H24F3NO3/c31-30(32,33)22-13-12-21(27(15-22)20-7-5-6-19(14-20)17-35)16-34-29(36)37-18-28-25-10-3-1-8-23(25)24-9-2-4-11-26(24)28/h1-15,28,35H,16-18H2,(H,34,36). The molecule has 0 radical (unpaired) electrons. The quantitative estimate of drug-likeness (QED) is 0.301. The molecule has 0 heterocycles. The molecule has 0 aliphatic heterocycles. The number of rotatable bonds is 6. The zero-order valence-electron chi connectivity index (χ0n) is 19.8. The fraction of sp³-hybridized carbons (Fsp3) is 0.167. The molecule has 4 aromatic rings. The highest BCUT2D eigenvalue weighted by Gasteiger charge is 2.31. The highest BCUT2D eigenvalue weighted by Crippen LogP contribution is 2.44. The van der Waals surface area contributed by atoms with Gasteiger partial charge in [0.2, 0.25) is 0 Å². The van der Waals surface area contributed by atoms with Crippen LogP contribution in [0.5, 0.6) is 0 Å². The van der Waals surface area contributed by atoms with Crippen LogP contribution in [0.3, 0.4) is 0 Å². The maximum atomic E-state index is 13.4. The van der Waals surface area contributed by atoms with E-state index in [0.29, 0.717) is 22.3 Å². The number of hydrogen-bond donors (Lipinski definition) is 2. The van der Waals surface area contributed by atoms with Crippen LogP contribution in [0.1, 0.15) is 33.7 Å². The third-order valence-electron chi connectivity index (χ3n) is 6.62. The normalized spacial score (nSPS) is 12.6. The van der Waals surface area contributed by atoms with Gasteiger partial charge in [-0.1, -0.05) is 72.8 Å². The van der Waals surface area contributed by atoms with Gasteiger partial charge in [-0.05, 0) is 62.7 Å². The summed E-state index contributed by atoms with van der Waals surface area (Å²) < 4.78 is 45.8. The van der Waals surface area contributed by atoms with Crippen molar-refractivity contribution in [3.8, 4) is 22.3 Å². The monoisotopic (exact) mass is 503 g/mol. The number of aliphatic hydroxyl groups excluding tert-OH is 1. The van der Waals surface area contributed by atoms with Crippen molar-refractivity contribution >= 4 is 6.09 Å². The number of ether oxygens (including phenoxy) is 1. The van der Waals surface area contributed by atoms with E-state index in [2.05, 4.69) is 5.32 Å². The lowest BCUT2D eigenvalue weighted by molar-refractivity contribution is -0.137. The number of carbonyl (C=O) groups excluding carboxylic acids is 1. The molecule has 1 amide bonds. The first-order valence-corrected chi connectivity index (χ1v) is 11.8. The lowest BCUT2D eigenvalue weighted by Crippen LogP contribution is -2.26. The molecule has 0 fully saturated rings. The van der Waals surface area contributed by atoms with Crippen molar-refractivity contribution in [2.24, 2.45) is 0 Å². The van der Waals surface area contributed by atoms with Gasteiger partial charge in [0.25, 0.3) is 0 Å². The Kier molecular flexibility index (Phi) is 6.72. The van der Waals surface area contributed by atoms with Gasteiger partial charge in [-0.3, -0.25) is 0 Å². The highest BCUT2D eigenvalue weighted by molar-refractivity contribution is 5.79. The highest BCUT2D eigenvalue weighted by atomic mass is 19.4. The van der Waals surface area contributed by atoms with E-state index in [-0.39, 0.29) is 25.7 Å². The minimum absolute atomic E-state index is 0.0203. The molecule has 0 unspecified atom stereocenters. The summed E-state index contributed by atoms with van der Waals surface area (Å²) in [5, 5.41) is 12.1. The van der Waals surface area contributed by atoms with Gasteiger partial charge in [0.05, 0.1) is 12.2 Å². The minimum atomic E-state index is -4.51. The molecule has 188 valence electrons. The first kappa shape index (κ1) is 24.6. The molecule has 1 aliphatic carbocycles. The molecule has 1 aliphatic rings. The lowest BCUT2D eigenvalue weighted by Gasteiger charge is -2.17. The summed E-state index contributed by atoms with van der Waals surface area (Å²) in [6.45, 7) is -0.119. The van der Waals surface area contributed by atoms with Crippen LogP contribution in [-0.4, -0.2) is 17.8 Å². The largest absolute Gasteiger partial charge is 0.449 e. The van der Waals surface area contributed by atoms with Crippen molar-refractivity contribution in [1.29, 1.82) is 0 Å². The maximum absolute atomic E-state index is 13.4. The Hall–Kier alpha value is -4.10. The number of benzene rings is 4. The topological polar surface area (TPSA) is 58.6 Å². The molecule has 4 aromatic carbocycles. The summed E-state index contributed by atoms with van der Waals surface area (Å²) in [7, 11) is 0. The van der Waals surface area contributed by atoms with E-state index in [4.69, 9.17) is 4.74 Å². The van der Waals surface area contributed by atoms with Crippen molar-refractivity contribution in [2.75, 3.05) is 6.61 Å². The maximum Gasteiger partial charge on any atom is 0.416 e. The van der Waals surface area contributed by atoms with Gasteiger partial charge in [-0.2, -0.15) is 13.2 Å². The SMILES string of the molecule is O=C(NCc1ccc(C(F)(F)F)cc1-c1cccc(CO)c1)OCC1c2ccccc2-c2ccccc21. The Labute approximate surface area is 212 Å². The Morgan fingerprint density at radius 1 is 0.838 bits per heavy atom. The molecule has 7 heteroatoms. The van der Waals surface area contributed by atoms with Gasteiger partial charge in [0, 0.05) is 12.5 Å². The number of amides is 1. The third-order valence-corrected chi connectivity index (χ3v) is 6.62. The Bertz CT molecular complexity index is 1400. The van der Waals surface area contributed by atoms with Crippen LogP contribution in [0.2, 0.25) is 0 Å². The summed E-state index contributed by atoms with van der Waals surface area (Å²) in [6.07, 6.45) is -5.17. The van der Waals surface area contributed by atoms with Crippen LogP contribution in [0, 0.1) is 0 Å². The van der Waals surface area contributed by atoms with Crippen LogP contribution in [0.25, 0.3) is 22.3 Å². The summed E-state index contributed by atoms with van der Waals surface area (Å²) >= 11 is 0. The predicted octanol–water partition coefficient (Wildman–Crippen LogP) is 6.90. The molecular formula is C30H24F3NO3. The molecule has 0 bridgehead atoms. The first-order valence-electron chi connectivity index (χ1n) is 11.8. The predicted molar refractivity (Wildman–Crippen MR) is 135 cm³/mol. The van der Waals surface area contributed by atoms with Gasteiger partial charge in [-0.25, -0.2) is 4.79 Å². The van der Waals surface area contributed by atoms with E-state index in [9.17, 15) is 23.1 Å². The summed E-state index contributed by atoms with van der Waals surface area (Å²) in [4.78, 5) is 12.6. The van der Waals surface area contributed by atoms with Crippen molar-refractivity contribution in [2.45, 2.75) is 25.2 Å². The average Bonchev–Trinajstić information content (AvgIpc) is 3.23. The smallest absolute Gasteiger partial charge is 0.416 e. The zero-order valence-corrected chi connectivity index (χ0v) is 19.8. The molecule has 0 saturated heterocycles. The number of halogens is 3. The number of fused-ring (bicyclic) bond motifs is 3. The summed E-state index contributed by atoms with van der Waals surface area (Å²) in [5.41, 5.74) is 5.53. The Morgan fingerprint density at radius 2 is 1.51 bits per heavy atom. The fourth-order valence-corrected chi connectivity index (χ4v) is 4.83. The van der Waals surface area contributed by atoms with Crippen LogP contribution in [-0.2, 0) is 24.1 Å². The second kappa shape index (κ2) is 10.1. The fourth-order valence-electron chi connectivity index (χ4n) is 4.83. The number of hydrogen-bond acceptors (Lipinski definition) is 3. The molecule has 37 heavy (non-hydrogen) atoms.